The van der Waals surface area contributed by atoms with Gasteiger partial charge in [-0.25, -0.2) is 24.3 Å². The van der Waals surface area contributed by atoms with E-state index in [0.717, 1.165) is 0 Å². The summed E-state index contributed by atoms with van der Waals surface area (Å²) in [5.41, 5.74) is 2.23. The van der Waals surface area contributed by atoms with Crippen molar-refractivity contribution in [2.75, 3.05) is 86.6 Å². The van der Waals surface area contributed by atoms with E-state index >= 15 is 0 Å². The molecule has 0 fully saturated rings. The molecule has 0 saturated heterocycles. The third-order valence-corrected chi connectivity index (χ3v) is 7.16. The van der Waals surface area contributed by atoms with Crippen molar-refractivity contribution in [1.29, 1.82) is 0 Å². The van der Waals surface area contributed by atoms with Crippen molar-refractivity contribution in [2.45, 2.75) is 0 Å². The van der Waals surface area contributed by atoms with Crippen molar-refractivity contribution < 1.29 is 42.3 Å². The number of benzene rings is 3. The molecule has 3 aromatic carbocycles. The Balaban J connectivity index is 0.000000292. The Hall–Kier alpha value is -4.75. The van der Waals surface area contributed by atoms with Crippen LogP contribution in [0, 0.1) is 18.2 Å². The van der Waals surface area contributed by atoms with Gasteiger partial charge in [-0.1, -0.05) is 17.5 Å². The molecule has 0 saturated carbocycles. The van der Waals surface area contributed by atoms with Gasteiger partial charge in [0, 0.05) is 62.6 Å². The molecule has 0 aliphatic rings. The number of anilines is 2. The topological polar surface area (TPSA) is 137 Å². The van der Waals surface area contributed by atoms with E-state index in [1.807, 2.05) is 0 Å². The number of hydrogen-bond donors (Lipinski definition) is 1. The molecule has 0 spiro atoms. The van der Waals surface area contributed by atoms with Gasteiger partial charge in [-0.2, -0.15) is 0 Å². The van der Waals surface area contributed by atoms with Gasteiger partial charge in [0.15, 0.2) is 23.0 Å². The van der Waals surface area contributed by atoms with E-state index in [1.165, 1.54) is 24.8 Å². The van der Waals surface area contributed by atoms with Crippen LogP contribution in [0.25, 0.3) is 21.8 Å². The largest absolute Gasteiger partial charge is 0.487 e. The number of nitrogens with one attached hydrogen (secondary N) is 1. The molecule has 0 atom stereocenters. The zero-order chi connectivity index (χ0) is 36.4. The highest BCUT2D eigenvalue weighted by Gasteiger charge is 2.14. The Bertz CT molecular complexity index is 1920. The van der Waals surface area contributed by atoms with E-state index in [-0.39, 0.29) is 12.4 Å². The molecule has 2 heterocycles. The number of aromatic nitrogens is 4. The number of terminal acetylenes is 1. The summed E-state index contributed by atoms with van der Waals surface area (Å²) in [5.74, 6) is 4.67. The predicted octanol–water partition coefficient (Wildman–Crippen LogP) is 6.30. The van der Waals surface area contributed by atoms with Crippen molar-refractivity contribution >= 4 is 57.3 Å². The van der Waals surface area contributed by atoms with Gasteiger partial charge >= 0.3 is 0 Å². The van der Waals surface area contributed by atoms with Crippen molar-refractivity contribution in [3.05, 3.63) is 71.7 Å². The maximum atomic E-state index is 13.8. The molecule has 5 aromatic rings. The Kier molecular flexibility index (Phi) is 17.8. The van der Waals surface area contributed by atoms with Gasteiger partial charge in [0.25, 0.3) is 0 Å². The summed E-state index contributed by atoms with van der Waals surface area (Å²) in [4.78, 5) is 16.7. The van der Waals surface area contributed by atoms with Crippen molar-refractivity contribution in [3.8, 4) is 35.3 Å². The highest BCUT2D eigenvalue weighted by molar-refractivity contribution is 6.34. The first-order valence-corrected chi connectivity index (χ1v) is 16.0. The van der Waals surface area contributed by atoms with E-state index in [4.69, 9.17) is 55.9 Å². The van der Waals surface area contributed by atoms with Crippen LogP contribution in [-0.2, 0) is 18.9 Å². The molecule has 5 rings (SSSR count). The van der Waals surface area contributed by atoms with Crippen LogP contribution in [-0.4, -0.2) is 101 Å². The molecule has 2 aromatic heterocycles. The quantitative estimate of drug-likeness (QED) is 0.0609. The molecule has 16 heteroatoms. The minimum atomic E-state index is -0.441. The minimum Gasteiger partial charge on any atom is -0.487 e. The predicted molar refractivity (Wildman–Crippen MR) is 198 cm³/mol. The summed E-state index contributed by atoms with van der Waals surface area (Å²) in [6.45, 7) is 3.35. The lowest BCUT2D eigenvalue weighted by Gasteiger charge is -2.15. The van der Waals surface area contributed by atoms with Crippen LogP contribution in [0.1, 0.15) is 5.56 Å². The number of nitrogens with zero attached hydrogens (tertiary/aromatic N) is 4. The molecule has 1 N–H and O–H groups in total. The maximum Gasteiger partial charge on any atom is 0.163 e. The zero-order valence-electron chi connectivity index (χ0n) is 29.1. The Morgan fingerprint density at radius 2 is 1.08 bits per heavy atom. The second-order valence-corrected chi connectivity index (χ2v) is 10.7. The minimum absolute atomic E-state index is 0. The van der Waals surface area contributed by atoms with Crippen molar-refractivity contribution in [2.24, 2.45) is 0 Å². The Labute approximate surface area is 312 Å². The number of methoxy groups -OCH3 is 4. The van der Waals surface area contributed by atoms with Gasteiger partial charge in [-0.05, 0) is 30.3 Å². The molecule has 0 unspecified atom stereocenters. The molecule has 0 bridgehead atoms. The van der Waals surface area contributed by atoms with Crippen molar-refractivity contribution in [1.82, 2.24) is 19.9 Å². The summed E-state index contributed by atoms with van der Waals surface area (Å²) in [7, 11) is 6.43. The first-order chi connectivity index (χ1) is 24.9. The van der Waals surface area contributed by atoms with E-state index in [0.29, 0.717) is 120 Å². The fourth-order valence-corrected chi connectivity index (χ4v) is 4.66. The second-order valence-electron chi connectivity index (χ2n) is 10.4. The van der Waals surface area contributed by atoms with Crippen LogP contribution >= 0.6 is 24.0 Å². The maximum absolute atomic E-state index is 13.8. The molecule has 52 heavy (non-hydrogen) atoms. The standard InChI is InChI=1S/C22H22FN3O4.C14H17ClN2O4.ClH/c1-4-15-9-16(23)11-17(10-15)26-22-18-12-20(29-7-5-27-2)21(30-8-6-28-3)13-19(18)24-14-25-22;1-18-3-5-20-12-7-10-11(16-9-17-14(10)15)8-13(12)21-6-4-19-2;/h1,9-14H,5-8H2,2-3H3,(H,24,25,26);7-9H,3-6H2,1-2H3;1H. The smallest absolute Gasteiger partial charge is 0.163 e. The van der Waals surface area contributed by atoms with Crippen LogP contribution in [0.3, 0.4) is 0 Å². The SMILES string of the molecule is C#Cc1cc(F)cc(Nc2ncnc3cc(OCCOC)c(OCCOC)cc23)c1.COCCOc1cc2ncnc(Cl)c2cc1OCCOC.Cl. The number of halogens is 3. The van der Waals surface area contributed by atoms with Crippen LogP contribution < -0.4 is 24.3 Å². The van der Waals surface area contributed by atoms with E-state index in [2.05, 4.69) is 31.2 Å². The Morgan fingerprint density at radius 3 is 1.58 bits per heavy atom. The van der Waals surface area contributed by atoms with Gasteiger partial charge in [0.2, 0.25) is 0 Å². The van der Waals surface area contributed by atoms with Gasteiger partial charge in [0.1, 0.15) is 55.9 Å². The summed E-state index contributed by atoms with van der Waals surface area (Å²) in [6, 6.07) is 11.4. The fraction of sp³-hybridized carbons (Fsp3) is 0.333. The molecular formula is C36H40Cl2FN5O8. The summed E-state index contributed by atoms with van der Waals surface area (Å²) >= 11 is 6.08. The number of fused-ring (bicyclic) bond motifs is 2. The van der Waals surface area contributed by atoms with Gasteiger partial charge < -0.3 is 43.2 Å². The first-order valence-electron chi connectivity index (χ1n) is 15.6. The number of ether oxygens (including phenoxy) is 8. The second kappa shape index (κ2) is 22.2. The molecule has 0 amide bonds. The molecule has 0 aliphatic heterocycles. The average Bonchev–Trinajstić information content (AvgIpc) is 3.13. The normalized spacial score (nSPS) is 10.5. The molecule has 0 radical (unpaired) electrons. The van der Waals surface area contributed by atoms with Crippen LogP contribution in [0.2, 0.25) is 5.15 Å². The lowest BCUT2D eigenvalue weighted by Crippen LogP contribution is -2.09. The monoisotopic (exact) mass is 759 g/mol. The number of hydrogen-bond acceptors (Lipinski definition) is 13. The summed E-state index contributed by atoms with van der Waals surface area (Å²) < 4.78 is 56.8. The first kappa shape index (κ1) is 41.7. The van der Waals surface area contributed by atoms with Crippen molar-refractivity contribution in [3.63, 3.8) is 0 Å². The lowest BCUT2D eigenvalue weighted by molar-refractivity contribution is 0.132. The van der Waals surface area contributed by atoms with Gasteiger partial charge in [-0.3, -0.25) is 0 Å². The fourth-order valence-electron chi connectivity index (χ4n) is 4.47. The van der Waals surface area contributed by atoms with Crippen LogP contribution in [0.4, 0.5) is 15.9 Å². The van der Waals surface area contributed by atoms with E-state index in [1.54, 1.807) is 58.8 Å². The molecule has 13 nitrogen and oxygen atoms in total. The Morgan fingerprint density at radius 1 is 0.615 bits per heavy atom. The number of rotatable bonds is 18. The molecular weight excluding hydrogens is 720 g/mol. The highest BCUT2D eigenvalue weighted by atomic mass is 35.5. The summed E-state index contributed by atoms with van der Waals surface area (Å²) in [5, 5.41) is 4.87. The zero-order valence-corrected chi connectivity index (χ0v) is 30.7. The molecule has 278 valence electrons. The van der Waals surface area contributed by atoms with Gasteiger partial charge in [-0.15, -0.1) is 18.8 Å². The van der Waals surface area contributed by atoms with Gasteiger partial charge in [0.05, 0.1) is 37.5 Å². The molecule has 0 aliphatic carbocycles. The van der Waals surface area contributed by atoms with E-state index < -0.39 is 5.82 Å². The van der Waals surface area contributed by atoms with Crippen LogP contribution in [0.15, 0.2) is 55.1 Å². The lowest BCUT2D eigenvalue weighted by atomic mass is 10.1. The highest BCUT2D eigenvalue weighted by Crippen LogP contribution is 2.36. The summed E-state index contributed by atoms with van der Waals surface area (Å²) in [6.07, 6.45) is 8.22. The van der Waals surface area contributed by atoms with Crippen LogP contribution in [0.5, 0.6) is 23.0 Å². The third-order valence-electron chi connectivity index (χ3n) is 6.86. The van der Waals surface area contributed by atoms with E-state index in [9.17, 15) is 4.39 Å². The third kappa shape index (κ3) is 12.2. The average molecular weight is 761 g/mol.